The number of carbonyl (C=O) groups excluding carboxylic acids is 2. The van der Waals surface area contributed by atoms with Gasteiger partial charge in [0.05, 0.1) is 13.2 Å². The number of carboxylic acid groups (broad SMARTS) is 2. The number of ether oxygens (including phenoxy) is 2. The number of carboxylic acids is 2. The van der Waals surface area contributed by atoms with Crippen molar-refractivity contribution in [2.45, 2.75) is 53.8 Å². The molecule has 0 saturated heterocycles. The van der Waals surface area contributed by atoms with Gasteiger partial charge in [-0.25, -0.2) is 0 Å². The molecule has 0 heterocycles. The van der Waals surface area contributed by atoms with Crippen molar-refractivity contribution < 1.29 is 61.2 Å². The largest absolute Gasteiger partial charge is 2.00 e. The molecule has 0 rings (SSSR count). The fourth-order valence-electron chi connectivity index (χ4n) is 0.466. The van der Waals surface area contributed by atoms with Gasteiger partial charge in [-0.05, 0) is 41.5 Å². The summed E-state index contributed by atoms with van der Waals surface area (Å²) < 4.78 is 8.89. The third-order valence-corrected chi connectivity index (χ3v) is 1.09. The topological polar surface area (TPSA) is 139 Å². The van der Waals surface area contributed by atoms with Gasteiger partial charge < -0.3 is 39.5 Å². The second kappa shape index (κ2) is 24.9. The molecule has 0 fully saturated rings. The Balaban J connectivity index is -0.0000000739. The van der Waals surface area contributed by atoms with Crippen LogP contribution in [0, 0.1) is 0 Å². The maximum absolute atomic E-state index is 9.75. The van der Waals surface area contributed by atoms with Crippen molar-refractivity contribution in [1.29, 1.82) is 0 Å². The molecule has 25 heavy (non-hydrogen) atoms. The molecule has 0 bridgehead atoms. The van der Waals surface area contributed by atoms with Crippen LogP contribution in [0.1, 0.15) is 41.5 Å². The summed E-state index contributed by atoms with van der Waals surface area (Å²) >= 11 is 0. The standard InChI is InChI=1S/2C5H8O3.2C3H8O.Ti/c2*1-3-8-4(2)5(6)7;2*1-3(2)4;/h2*2-3H2,1H3,(H,6,7);2*3-4H,1-2H3;/q;;;;+2/p-2. The van der Waals surface area contributed by atoms with Crippen LogP contribution in [0.3, 0.4) is 0 Å². The molecule has 0 aromatic carbocycles. The summed E-state index contributed by atoms with van der Waals surface area (Å²) in [7, 11) is 0. The van der Waals surface area contributed by atoms with E-state index in [1.54, 1.807) is 41.5 Å². The first-order valence-corrected chi connectivity index (χ1v) is 7.25. The van der Waals surface area contributed by atoms with Gasteiger partial charge in [0.1, 0.15) is 23.5 Å². The fraction of sp³-hybridized carbons (Fsp3) is 0.625. The number of aliphatic hydroxyl groups is 2. The van der Waals surface area contributed by atoms with Gasteiger partial charge in [0.15, 0.2) is 0 Å². The third-order valence-electron chi connectivity index (χ3n) is 1.09. The first kappa shape index (κ1) is 34.9. The molecule has 9 heteroatoms. The van der Waals surface area contributed by atoms with E-state index in [1.807, 2.05) is 0 Å². The zero-order chi connectivity index (χ0) is 20.3. The number of rotatable bonds is 6. The Kier molecular flexibility index (Phi) is 34.7. The zero-order valence-electron chi connectivity index (χ0n) is 15.8. The molecule has 0 unspecified atom stereocenters. The number of carbonyl (C=O) groups is 2. The van der Waals surface area contributed by atoms with Crippen LogP contribution in [0.4, 0.5) is 0 Å². The molecule has 0 atom stereocenters. The summed E-state index contributed by atoms with van der Waals surface area (Å²) in [5.74, 6) is -3.33. The number of aliphatic hydroxyl groups excluding tert-OH is 2. The molecule has 0 spiro atoms. The number of aliphatic carboxylic acids is 2. The summed E-state index contributed by atoms with van der Waals surface area (Å²) in [6.07, 6.45) is -0.333. The van der Waals surface area contributed by atoms with E-state index in [2.05, 4.69) is 22.6 Å². The van der Waals surface area contributed by atoms with Gasteiger partial charge in [0.2, 0.25) is 0 Å². The molecule has 2 N–H and O–H groups in total. The first-order valence-electron chi connectivity index (χ1n) is 7.25. The van der Waals surface area contributed by atoms with Crippen LogP contribution in [0.15, 0.2) is 24.7 Å². The van der Waals surface area contributed by atoms with E-state index >= 15 is 0 Å². The average Bonchev–Trinajstić information content (AvgIpc) is 2.38. The maximum Gasteiger partial charge on any atom is 2.00 e. The molecule has 0 aliphatic carbocycles. The van der Waals surface area contributed by atoms with Crippen molar-refractivity contribution in [2.24, 2.45) is 0 Å². The van der Waals surface area contributed by atoms with E-state index in [9.17, 15) is 19.8 Å². The molecule has 0 aliphatic heterocycles. The Morgan fingerprint density at radius 1 is 0.840 bits per heavy atom. The first-order chi connectivity index (χ1) is 10.8. The second-order valence-corrected chi connectivity index (χ2v) is 4.47. The van der Waals surface area contributed by atoms with E-state index in [0.29, 0.717) is 13.2 Å². The smallest absolute Gasteiger partial charge is 0.542 e. The molecule has 146 valence electrons. The third kappa shape index (κ3) is 60.4. The minimum absolute atomic E-state index is 0. The number of hydrogen-bond donors (Lipinski definition) is 2. The van der Waals surface area contributed by atoms with Gasteiger partial charge in [0, 0.05) is 12.2 Å². The van der Waals surface area contributed by atoms with Gasteiger partial charge in [-0.1, -0.05) is 13.2 Å². The number of hydrogen-bond acceptors (Lipinski definition) is 8. The van der Waals surface area contributed by atoms with Crippen LogP contribution >= 0.6 is 0 Å². The van der Waals surface area contributed by atoms with Crippen molar-refractivity contribution in [2.75, 3.05) is 13.2 Å². The van der Waals surface area contributed by atoms with Crippen molar-refractivity contribution in [3.8, 4) is 0 Å². The van der Waals surface area contributed by atoms with Gasteiger partial charge in [0.25, 0.3) is 0 Å². The predicted octanol–water partition coefficient (Wildman–Crippen LogP) is -0.655. The SMILES string of the molecule is C=C(OCC)C(=O)[O-].C=C(OCC)C(=O)[O-].CC(C)O.CC(C)O.[Ti+2]. The van der Waals surface area contributed by atoms with E-state index in [4.69, 9.17) is 10.2 Å². The molecule has 0 saturated carbocycles. The van der Waals surface area contributed by atoms with Crippen molar-refractivity contribution in [3.05, 3.63) is 24.7 Å². The van der Waals surface area contributed by atoms with Crippen molar-refractivity contribution >= 4 is 11.9 Å². The quantitative estimate of drug-likeness (QED) is 0.342. The minimum Gasteiger partial charge on any atom is -0.542 e. The fourth-order valence-corrected chi connectivity index (χ4v) is 0.466. The van der Waals surface area contributed by atoms with Gasteiger partial charge >= 0.3 is 21.7 Å². The van der Waals surface area contributed by atoms with Crippen molar-refractivity contribution in [1.82, 2.24) is 0 Å². The van der Waals surface area contributed by atoms with Gasteiger partial charge in [-0.3, -0.25) is 0 Å². The summed E-state index contributed by atoms with van der Waals surface area (Å²) in [4.78, 5) is 19.5. The minimum atomic E-state index is -1.35. The van der Waals surface area contributed by atoms with Crippen LogP contribution in [-0.4, -0.2) is 47.6 Å². The van der Waals surface area contributed by atoms with Crippen LogP contribution in [0.2, 0.25) is 0 Å². The van der Waals surface area contributed by atoms with E-state index in [0.717, 1.165) is 0 Å². The predicted molar refractivity (Wildman–Crippen MR) is 86.3 cm³/mol. The molecule has 0 amide bonds. The monoisotopic (exact) mass is 398 g/mol. The van der Waals surface area contributed by atoms with E-state index in [-0.39, 0.29) is 45.4 Å². The Labute approximate surface area is 165 Å². The molecule has 0 radical (unpaired) electrons. The second-order valence-electron chi connectivity index (χ2n) is 4.47. The van der Waals surface area contributed by atoms with E-state index in [1.165, 1.54) is 0 Å². The Bertz CT molecular complexity index is 315. The summed E-state index contributed by atoms with van der Waals surface area (Å²) in [5.41, 5.74) is 0. The molecule has 0 aliphatic rings. The Morgan fingerprint density at radius 2 is 1.00 bits per heavy atom. The van der Waals surface area contributed by atoms with Crippen molar-refractivity contribution in [3.63, 3.8) is 0 Å². The molecule has 8 nitrogen and oxygen atoms in total. The van der Waals surface area contributed by atoms with E-state index < -0.39 is 11.9 Å². The summed E-state index contributed by atoms with van der Waals surface area (Å²) in [5, 5.41) is 35.6. The molecule has 0 aromatic rings. The van der Waals surface area contributed by atoms with Crippen LogP contribution < -0.4 is 10.2 Å². The van der Waals surface area contributed by atoms with Gasteiger partial charge in [-0.2, -0.15) is 0 Å². The maximum atomic E-state index is 9.75. The Morgan fingerprint density at radius 3 is 1.04 bits per heavy atom. The normalized spacial score (nSPS) is 8.08. The molecule has 0 aromatic heterocycles. The average molecular weight is 398 g/mol. The summed E-state index contributed by atoms with van der Waals surface area (Å²) in [6, 6.07) is 0. The zero-order valence-corrected chi connectivity index (χ0v) is 17.4. The molecular weight excluding hydrogens is 368 g/mol. The summed E-state index contributed by atoms with van der Waals surface area (Å²) in [6.45, 7) is 17.0. The Hall–Kier alpha value is -1.35. The van der Waals surface area contributed by atoms with Crippen LogP contribution in [0.25, 0.3) is 0 Å². The van der Waals surface area contributed by atoms with Crippen LogP contribution in [-0.2, 0) is 40.8 Å². The van der Waals surface area contributed by atoms with Gasteiger partial charge in [-0.15, -0.1) is 0 Å². The molecular formula is C16H30O8Ti. The van der Waals surface area contributed by atoms with Crippen LogP contribution in [0.5, 0.6) is 0 Å².